The number of nitriles is 3. The third kappa shape index (κ3) is 3.84. The highest BCUT2D eigenvalue weighted by molar-refractivity contribution is 6.10. The van der Waals surface area contributed by atoms with Crippen molar-refractivity contribution in [2.24, 2.45) is 0 Å². The second kappa shape index (κ2) is 9.74. The lowest BCUT2D eigenvalue weighted by molar-refractivity contribution is 0.669. The van der Waals surface area contributed by atoms with E-state index in [-0.39, 0.29) is 0 Å². The van der Waals surface area contributed by atoms with Gasteiger partial charge in [-0.1, -0.05) is 42.5 Å². The number of furan rings is 1. The van der Waals surface area contributed by atoms with Crippen molar-refractivity contribution in [2.45, 2.75) is 0 Å². The molecule has 0 saturated carbocycles. The van der Waals surface area contributed by atoms with Crippen LogP contribution in [-0.2, 0) is 0 Å². The smallest absolute Gasteiger partial charge is 0.135 e. The number of hydrogen-bond acceptors (Lipinski definition) is 4. The number of aromatic nitrogens is 1. The van der Waals surface area contributed by atoms with Gasteiger partial charge < -0.3 is 8.98 Å². The van der Waals surface area contributed by atoms with Crippen LogP contribution in [0.25, 0.3) is 71.7 Å². The van der Waals surface area contributed by atoms with Crippen LogP contribution >= 0.6 is 0 Å². The molecule has 6 aromatic carbocycles. The second-order valence-electron chi connectivity index (χ2n) is 10.8. The molecule has 0 aliphatic rings. The molecule has 0 fully saturated rings. The Morgan fingerprint density at radius 1 is 0.477 bits per heavy atom. The Balaban J connectivity index is 1.45. The van der Waals surface area contributed by atoms with Crippen molar-refractivity contribution >= 4 is 43.7 Å². The quantitative estimate of drug-likeness (QED) is 0.215. The van der Waals surface area contributed by atoms with Crippen molar-refractivity contribution in [3.05, 3.63) is 138 Å². The van der Waals surface area contributed by atoms with Gasteiger partial charge in [-0.3, -0.25) is 0 Å². The first kappa shape index (κ1) is 25.1. The maximum atomic E-state index is 9.98. The van der Waals surface area contributed by atoms with Crippen molar-refractivity contribution in [1.82, 2.24) is 4.57 Å². The van der Waals surface area contributed by atoms with Crippen LogP contribution in [-0.4, -0.2) is 4.57 Å². The molecule has 2 aromatic heterocycles. The van der Waals surface area contributed by atoms with Gasteiger partial charge in [0.05, 0.1) is 45.9 Å². The van der Waals surface area contributed by atoms with E-state index in [2.05, 4.69) is 59.2 Å². The van der Waals surface area contributed by atoms with Crippen LogP contribution in [0, 0.1) is 34.0 Å². The molecular weight excluding hydrogens is 540 g/mol. The summed E-state index contributed by atoms with van der Waals surface area (Å²) >= 11 is 0. The number of para-hydroxylation sites is 1. The normalized spacial score (nSPS) is 11.1. The summed E-state index contributed by atoms with van der Waals surface area (Å²) in [5.74, 6) is 0. The van der Waals surface area contributed by atoms with Gasteiger partial charge in [-0.05, 0) is 101 Å². The zero-order valence-corrected chi connectivity index (χ0v) is 23.2. The SMILES string of the molecule is N#Cc1ccc2c(c1)c1cc(C#N)ccc1n2-c1cc(-c2ccc3oc4ccccc4c3c2)cc(-c2ccccc2C#N)c1. The molecule has 0 spiro atoms. The van der Waals surface area contributed by atoms with E-state index in [1.165, 1.54) is 0 Å². The van der Waals surface area contributed by atoms with Gasteiger partial charge in [0, 0.05) is 27.2 Å². The zero-order chi connectivity index (χ0) is 29.8. The number of nitrogens with zero attached hydrogens (tertiary/aromatic N) is 4. The molecule has 2 heterocycles. The maximum absolute atomic E-state index is 9.98. The monoisotopic (exact) mass is 560 g/mol. The molecule has 202 valence electrons. The van der Waals surface area contributed by atoms with Gasteiger partial charge in [0.15, 0.2) is 0 Å². The fourth-order valence-electron chi connectivity index (χ4n) is 6.24. The third-order valence-electron chi connectivity index (χ3n) is 8.27. The summed E-state index contributed by atoms with van der Waals surface area (Å²) in [6.45, 7) is 0. The lowest BCUT2D eigenvalue weighted by Gasteiger charge is -2.15. The molecule has 0 bridgehead atoms. The average molecular weight is 561 g/mol. The summed E-state index contributed by atoms with van der Waals surface area (Å²) in [6, 6.07) is 46.4. The van der Waals surface area contributed by atoms with Gasteiger partial charge in [0.1, 0.15) is 11.2 Å². The highest BCUT2D eigenvalue weighted by atomic mass is 16.3. The predicted octanol–water partition coefficient (Wildman–Crippen LogP) is 9.63. The molecule has 5 heteroatoms. The summed E-state index contributed by atoms with van der Waals surface area (Å²) in [6.07, 6.45) is 0. The molecule has 0 unspecified atom stereocenters. The minimum Gasteiger partial charge on any atom is -0.456 e. The van der Waals surface area contributed by atoms with E-state index in [9.17, 15) is 15.8 Å². The molecule has 0 aliphatic heterocycles. The first-order valence-corrected chi connectivity index (χ1v) is 14.1. The van der Waals surface area contributed by atoms with Crippen LogP contribution < -0.4 is 0 Å². The van der Waals surface area contributed by atoms with E-state index in [1.54, 1.807) is 0 Å². The summed E-state index contributed by atoms with van der Waals surface area (Å²) < 4.78 is 8.26. The van der Waals surface area contributed by atoms with Crippen molar-refractivity contribution < 1.29 is 4.42 Å². The second-order valence-corrected chi connectivity index (χ2v) is 10.8. The summed E-state index contributed by atoms with van der Waals surface area (Å²) in [5, 5.41) is 33.2. The number of benzene rings is 6. The third-order valence-corrected chi connectivity index (χ3v) is 8.27. The van der Waals surface area contributed by atoms with Crippen molar-refractivity contribution in [3.8, 4) is 46.1 Å². The number of hydrogen-bond donors (Lipinski definition) is 0. The fourth-order valence-corrected chi connectivity index (χ4v) is 6.24. The molecule has 0 aliphatic carbocycles. The molecule has 0 radical (unpaired) electrons. The Kier molecular flexibility index (Phi) is 5.56. The van der Waals surface area contributed by atoms with E-state index >= 15 is 0 Å². The topological polar surface area (TPSA) is 89.4 Å². The Morgan fingerprint density at radius 3 is 1.86 bits per heavy atom. The van der Waals surface area contributed by atoms with E-state index in [1.807, 2.05) is 84.9 Å². The Labute approximate surface area is 252 Å². The minimum atomic E-state index is 0.553. The predicted molar refractivity (Wildman–Crippen MR) is 173 cm³/mol. The molecule has 8 rings (SSSR count). The Bertz CT molecular complexity index is 2530. The molecule has 8 aromatic rings. The van der Waals surface area contributed by atoms with Gasteiger partial charge in [0.25, 0.3) is 0 Å². The minimum absolute atomic E-state index is 0.553. The van der Waals surface area contributed by atoms with Gasteiger partial charge in [-0.15, -0.1) is 0 Å². The Hall–Kier alpha value is -6.61. The number of fused-ring (bicyclic) bond motifs is 6. The first-order chi connectivity index (χ1) is 21.6. The van der Waals surface area contributed by atoms with Crippen LogP contribution in [0.2, 0.25) is 0 Å². The lowest BCUT2D eigenvalue weighted by Crippen LogP contribution is -1.97. The summed E-state index contributed by atoms with van der Waals surface area (Å²) in [5.41, 5.74) is 9.84. The van der Waals surface area contributed by atoms with E-state index in [0.29, 0.717) is 16.7 Å². The van der Waals surface area contributed by atoms with E-state index in [0.717, 1.165) is 71.7 Å². The molecule has 0 N–H and O–H groups in total. The zero-order valence-electron chi connectivity index (χ0n) is 23.2. The molecular formula is C39H20N4O. The Morgan fingerprint density at radius 2 is 1.14 bits per heavy atom. The summed E-state index contributed by atoms with van der Waals surface area (Å²) in [4.78, 5) is 0. The van der Waals surface area contributed by atoms with Crippen LogP contribution in [0.1, 0.15) is 16.7 Å². The molecule has 0 saturated heterocycles. The standard InChI is InChI=1S/C39H20N4O/c40-21-24-9-12-36-33(15-24)34-16-25(22-41)10-13-37(34)43(36)30-18-28(17-29(19-30)31-6-2-1-5-27(31)23-42)26-11-14-39-35(20-26)32-7-3-4-8-38(32)44-39/h1-20H. The van der Waals surface area contributed by atoms with Gasteiger partial charge in [-0.25, -0.2) is 0 Å². The molecule has 5 nitrogen and oxygen atoms in total. The van der Waals surface area contributed by atoms with Gasteiger partial charge >= 0.3 is 0 Å². The number of rotatable bonds is 3. The maximum Gasteiger partial charge on any atom is 0.135 e. The van der Waals surface area contributed by atoms with Crippen molar-refractivity contribution in [3.63, 3.8) is 0 Å². The van der Waals surface area contributed by atoms with Crippen LogP contribution in [0.5, 0.6) is 0 Å². The van der Waals surface area contributed by atoms with Gasteiger partial charge in [0.2, 0.25) is 0 Å². The van der Waals surface area contributed by atoms with Crippen LogP contribution in [0.15, 0.2) is 126 Å². The lowest BCUT2D eigenvalue weighted by atomic mass is 9.94. The highest BCUT2D eigenvalue weighted by Gasteiger charge is 2.17. The van der Waals surface area contributed by atoms with Crippen molar-refractivity contribution in [2.75, 3.05) is 0 Å². The van der Waals surface area contributed by atoms with Crippen LogP contribution in [0.4, 0.5) is 0 Å². The fraction of sp³-hybridized carbons (Fsp3) is 0. The highest BCUT2D eigenvalue weighted by Crippen LogP contribution is 2.39. The average Bonchev–Trinajstić information content (AvgIpc) is 3.62. The van der Waals surface area contributed by atoms with Gasteiger partial charge in [-0.2, -0.15) is 15.8 Å². The summed E-state index contributed by atoms with van der Waals surface area (Å²) in [7, 11) is 0. The molecule has 0 amide bonds. The first-order valence-electron chi connectivity index (χ1n) is 14.1. The van der Waals surface area contributed by atoms with E-state index in [4.69, 9.17) is 4.42 Å². The molecule has 44 heavy (non-hydrogen) atoms. The molecule has 0 atom stereocenters. The van der Waals surface area contributed by atoms with E-state index < -0.39 is 0 Å². The van der Waals surface area contributed by atoms with Crippen molar-refractivity contribution in [1.29, 1.82) is 15.8 Å². The van der Waals surface area contributed by atoms with Crippen LogP contribution in [0.3, 0.4) is 0 Å². The largest absolute Gasteiger partial charge is 0.456 e.